The first-order valence-electron chi connectivity index (χ1n) is 10.4. The molecule has 1 saturated heterocycles. The topological polar surface area (TPSA) is 61.9 Å². The highest BCUT2D eigenvalue weighted by atomic mass is 35.5. The van der Waals surface area contributed by atoms with Gasteiger partial charge in [-0.1, -0.05) is 35.9 Å². The average Bonchev–Trinajstić information content (AvgIpc) is 3.23. The third kappa shape index (κ3) is 5.35. The number of hydrogen-bond donors (Lipinski definition) is 1. The second kappa shape index (κ2) is 10.3. The van der Waals surface area contributed by atoms with Gasteiger partial charge in [-0.2, -0.15) is 0 Å². The molecule has 0 spiro atoms. The van der Waals surface area contributed by atoms with Crippen molar-refractivity contribution in [3.63, 3.8) is 0 Å². The molecule has 0 atom stereocenters. The minimum atomic E-state index is -0.519. The van der Waals surface area contributed by atoms with Crippen LogP contribution >= 0.6 is 22.9 Å². The predicted octanol–water partition coefficient (Wildman–Crippen LogP) is 4.75. The van der Waals surface area contributed by atoms with Crippen molar-refractivity contribution in [1.29, 1.82) is 0 Å². The Morgan fingerprint density at radius 1 is 1.09 bits per heavy atom. The van der Waals surface area contributed by atoms with Crippen molar-refractivity contribution in [3.05, 3.63) is 70.3 Å². The molecule has 1 N–H and O–H groups in total. The number of amides is 1. The normalized spacial score (nSPS) is 14.2. The maximum absolute atomic E-state index is 14.0. The monoisotopic (exact) mass is 487 g/mol. The van der Waals surface area contributed by atoms with E-state index in [-0.39, 0.29) is 18.3 Å². The average molecular weight is 488 g/mol. The van der Waals surface area contributed by atoms with Crippen LogP contribution in [0.3, 0.4) is 0 Å². The molecule has 0 bridgehead atoms. The van der Waals surface area contributed by atoms with E-state index < -0.39 is 5.97 Å². The summed E-state index contributed by atoms with van der Waals surface area (Å²) in [6, 6.07) is 13.8. The molecule has 0 radical (unpaired) electrons. The first kappa shape index (κ1) is 23.2. The summed E-state index contributed by atoms with van der Waals surface area (Å²) in [7, 11) is 1.31. The number of para-hydroxylation sites is 1. The summed E-state index contributed by atoms with van der Waals surface area (Å²) in [5.41, 5.74) is 2.39. The molecule has 1 fully saturated rings. The third-order valence-electron chi connectivity index (χ3n) is 5.52. The van der Waals surface area contributed by atoms with Crippen molar-refractivity contribution in [2.24, 2.45) is 0 Å². The van der Waals surface area contributed by atoms with Crippen LogP contribution in [0.5, 0.6) is 0 Å². The van der Waals surface area contributed by atoms with E-state index in [4.69, 9.17) is 16.3 Å². The van der Waals surface area contributed by atoms with Crippen molar-refractivity contribution in [1.82, 2.24) is 4.90 Å². The number of nitrogens with one attached hydrogen (secondary N) is 1. The van der Waals surface area contributed by atoms with Gasteiger partial charge in [-0.25, -0.2) is 9.18 Å². The first-order valence-corrected chi connectivity index (χ1v) is 11.7. The summed E-state index contributed by atoms with van der Waals surface area (Å²) in [5.74, 6) is -0.979. The highest BCUT2D eigenvalue weighted by Gasteiger charge is 2.24. The van der Waals surface area contributed by atoms with E-state index >= 15 is 0 Å². The molecule has 1 aliphatic heterocycles. The van der Waals surface area contributed by atoms with Crippen LogP contribution in [0.1, 0.15) is 10.4 Å². The molecule has 6 nitrogen and oxygen atoms in total. The molecule has 33 heavy (non-hydrogen) atoms. The minimum absolute atomic E-state index is 0.180. The second-order valence-corrected chi connectivity index (χ2v) is 8.93. The summed E-state index contributed by atoms with van der Waals surface area (Å²) < 4.78 is 19.0. The van der Waals surface area contributed by atoms with Gasteiger partial charge >= 0.3 is 5.97 Å². The number of esters is 1. The van der Waals surface area contributed by atoms with Crippen molar-refractivity contribution in [2.75, 3.05) is 50.1 Å². The van der Waals surface area contributed by atoms with Crippen molar-refractivity contribution < 1.29 is 18.7 Å². The van der Waals surface area contributed by atoms with Crippen molar-refractivity contribution in [2.45, 2.75) is 0 Å². The number of anilines is 2. The largest absolute Gasteiger partial charge is 0.465 e. The molecule has 2 aromatic carbocycles. The number of piperazine rings is 1. The smallest absolute Gasteiger partial charge is 0.341 e. The number of ether oxygens (including phenoxy) is 1. The Hall–Kier alpha value is -2.94. The van der Waals surface area contributed by atoms with Gasteiger partial charge < -0.3 is 15.0 Å². The Balaban J connectivity index is 1.41. The van der Waals surface area contributed by atoms with Crippen LogP contribution in [0.25, 0.3) is 11.1 Å². The van der Waals surface area contributed by atoms with Gasteiger partial charge in [0.05, 0.1) is 19.3 Å². The molecule has 0 unspecified atom stereocenters. The van der Waals surface area contributed by atoms with Crippen LogP contribution in [-0.4, -0.2) is 56.6 Å². The fourth-order valence-corrected chi connectivity index (χ4v) is 4.92. The molecule has 1 aliphatic rings. The first-order chi connectivity index (χ1) is 16.0. The fourth-order valence-electron chi connectivity index (χ4n) is 3.82. The Bertz CT molecular complexity index is 1140. The maximum atomic E-state index is 14.0. The van der Waals surface area contributed by atoms with E-state index in [2.05, 4.69) is 5.32 Å². The highest BCUT2D eigenvalue weighted by molar-refractivity contribution is 7.15. The minimum Gasteiger partial charge on any atom is -0.465 e. The van der Waals surface area contributed by atoms with Crippen LogP contribution in [0, 0.1) is 5.82 Å². The summed E-state index contributed by atoms with van der Waals surface area (Å²) in [6.45, 7) is 2.70. The van der Waals surface area contributed by atoms with Gasteiger partial charge in [-0.3, -0.25) is 9.69 Å². The van der Waals surface area contributed by atoms with Crippen molar-refractivity contribution in [3.8, 4) is 11.1 Å². The zero-order chi connectivity index (χ0) is 23.4. The third-order valence-corrected chi connectivity index (χ3v) is 6.67. The van der Waals surface area contributed by atoms with Crippen LogP contribution in [0.2, 0.25) is 5.02 Å². The molecule has 1 amide bonds. The van der Waals surface area contributed by atoms with E-state index in [0.717, 1.165) is 5.56 Å². The molecule has 2 heterocycles. The van der Waals surface area contributed by atoms with Crippen LogP contribution in [0.15, 0.2) is 53.9 Å². The van der Waals surface area contributed by atoms with Crippen LogP contribution < -0.4 is 10.2 Å². The van der Waals surface area contributed by atoms with Gasteiger partial charge in [0.1, 0.15) is 16.4 Å². The fraction of sp³-hybridized carbons (Fsp3) is 0.250. The number of thiophene rings is 1. The number of methoxy groups -OCH3 is 1. The molecule has 0 saturated carbocycles. The Labute approximate surface area is 200 Å². The number of nitrogens with zero attached hydrogens (tertiary/aromatic N) is 2. The zero-order valence-electron chi connectivity index (χ0n) is 18.0. The lowest BCUT2D eigenvalue weighted by Gasteiger charge is -2.35. The van der Waals surface area contributed by atoms with E-state index in [0.29, 0.717) is 53.0 Å². The summed E-state index contributed by atoms with van der Waals surface area (Å²) in [5, 5.41) is 5.72. The van der Waals surface area contributed by atoms with Crippen molar-refractivity contribution >= 4 is 45.5 Å². The Morgan fingerprint density at radius 3 is 2.45 bits per heavy atom. The van der Waals surface area contributed by atoms with Gasteiger partial charge in [0.25, 0.3) is 0 Å². The number of halogens is 2. The molecule has 4 rings (SSSR count). The standard InChI is InChI=1S/C24H23ClFN3O3S/c1-32-24(31)22-18(16-6-8-17(25)9-7-16)15-33-23(22)27-21(30)14-28-10-12-29(13-11-28)20-5-3-2-4-19(20)26/h2-9,15H,10-14H2,1H3,(H,27,30). The van der Waals surface area contributed by atoms with Gasteiger partial charge in [-0.15, -0.1) is 11.3 Å². The predicted molar refractivity (Wildman–Crippen MR) is 130 cm³/mol. The van der Waals surface area contributed by atoms with Crippen LogP contribution in [-0.2, 0) is 9.53 Å². The van der Waals surface area contributed by atoms with Gasteiger partial charge in [0.15, 0.2) is 0 Å². The second-order valence-electron chi connectivity index (χ2n) is 7.61. The van der Waals surface area contributed by atoms with Gasteiger partial charge in [-0.05, 0) is 29.8 Å². The summed E-state index contributed by atoms with van der Waals surface area (Å²) >= 11 is 7.25. The SMILES string of the molecule is COC(=O)c1c(-c2ccc(Cl)cc2)csc1NC(=O)CN1CCN(c2ccccc2F)CC1. The Kier molecular flexibility index (Phi) is 7.27. The van der Waals surface area contributed by atoms with E-state index in [1.165, 1.54) is 24.5 Å². The number of hydrogen-bond acceptors (Lipinski definition) is 6. The Morgan fingerprint density at radius 2 is 1.79 bits per heavy atom. The molecule has 9 heteroatoms. The lowest BCUT2D eigenvalue weighted by Crippen LogP contribution is -2.48. The molecule has 172 valence electrons. The lowest BCUT2D eigenvalue weighted by atomic mass is 10.0. The van der Waals surface area contributed by atoms with E-state index in [1.54, 1.807) is 24.3 Å². The quantitative estimate of drug-likeness (QED) is 0.508. The maximum Gasteiger partial charge on any atom is 0.341 e. The molecule has 3 aromatic rings. The molecule has 1 aromatic heterocycles. The van der Waals surface area contributed by atoms with Crippen LogP contribution in [0.4, 0.5) is 15.1 Å². The number of carbonyl (C=O) groups excluding carboxylic acids is 2. The van der Waals surface area contributed by atoms with Gasteiger partial charge in [0, 0.05) is 42.1 Å². The lowest BCUT2D eigenvalue weighted by molar-refractivity contribution is -0.117. The van der Waals surface area contributed by atoms with Gasteiger partial charge in [0.2, 0.25) is 5.91 Å². The van der Waals surface area contributed by atoms with E-state index in [1.807, 2.05) is 33.4 Å². The number of carbonyl (C=O) groups is 2. The molecular weight excluding hydrogens is 465 g/mol. The number of rotatable bonds is 6. The summed E-state index contributed by atoms with van der Waals surface area (Å²) in [4.78, 5) is 29.2. The number of benzene rings is 2. The van der Waals surface area contributed by atoms with E-state index in [9.17, 15) is 14.0 Å². The highest BCUT2D eigenvalue weighted by Crippen LogP contribution is 2.36. The molecule has 0 aliphatic carbocycles. The summed E-state index contributed by atoms with van der Waals surface area (Å²) in [6.07, 6.45) is 0. The molecular formula is C24H23ClFN3O3S. The zero-order valence-corrected chi connectivity index (χ0v) is 19.6.